The average Bonchev–Trinajstić information content (AvgIpc) is 2.29. The first-order valence-corrected chi connectivity index (χ1v) is 6.03. The monoisotopic (exact) mass is 220 g/mol. The molecule has 0 aliphatic heterocycles. The number of aromatic nitrogens is 2. The van der Waals surface area contributed by atoms with E-state index in [0.717, 1.165) is 10.6 Å². The van der Waals surface area contributed by atoms with Crippen LogP contribution in [0.5, 0.6) is 0 Å². The van der Waals surface area contributed by atoms with E-state index in [4.69, 9.17) is 0 Å². The molecular weight excluding hydrogens is 207 g/mol. The molecule has 78 valence electrons. The normalized spacial score (nSPS) is 14.1. The minimum absolute atomic E-state index is 0.979. The van der Waals surface area contributed by atoms with Gasteiger partial charge >= 0.3 is 0 Å². The molecule has 1 aromatic rings. The van der Waals surface area contributed by atoms with Gasteiger partial charge in [0.1, 0.15) is 6.33 Å². The molecule has 0 spiro atoms. The van der Waals surface area contributed by atoms with Crippen LogP contribution in [0.3, 0.4) is 0 Å². The molecule has 0 fully saturated rings. The second-order valence-electron chi connectivity index (χ2n) is 2.76. The Morgan fingerprint density at radius 3 is 2.67 bits per heavy atom. The van der Waals surface area contributed by atoms with Crippen LogP contribution in [0.4, 0.5) is 0 Å². The van der Waals surface area contributed by atoms with Crippen molar-refractivity contribution in [1.29, 1.82) is 0 Å². The van der Waals surface area contributed by atoms with Gasteiger partial charge < -0.3 is 0 Å². The Labute approximate surface area is 89.9 Å². The van der Waals surface area contributed by atoms with Gasteiger partial charge in [-0.3, -0.25) is 9.98 Å². The highest BCUT2D eigenvalue weighted by Crippen LogP contribution is 2.28. The van der Waals surface area contributed by atoms with Gasteiger partial charge in [-0.2, -0.15) is 0 Å². The second-order valence-corrected chi connectivity index (χ2v) is 4.87. The summed E-state index contributed by atoms with van der Waals surface area (Å²) in [6, 6.07) is 0. The summed E-state index contributed by atoms with van der Waals surface area (Å²) in [5, 5.41) is 2.00. The third-order valence-corrected chi connectivity index (χ3v) is 3.67. The first-order chi connectivity index (χ1) is 7.29. The summed E-state index contributed by atoms with van der Waals surface area (Å²) in [6.07, 6.45) is 12.6. The number of hydrogen-bond acceptors (Lipinski definition) is 4. The maximum atomic E-state index is 4.12. The first kappa shape index (κ1) is 11.5. The number of allylic oxidation sites excluding steroid dienone is 1. The van der Waals surface area contributed by atoms with Crippen molar-refractivity contribution < 1.29 is 0 Å². The predicted molar refractivity (Wildman–Crippen MR) is 69.2 cm³/mol. The van der Waals surface area contributed by atoms with E-state index in [1.165, 1.54) is 6.33 Å². The van der Waals surface area contributed by atoms with Crippen molar-refractivity contribution in [3.8, 4) is 0 Å². The Bertz CT molecular complexity index is 409. The molecule has 0 amide bonds. The molecule has 0 aliphatic carbocycles. The lowest BCUT2D eigenvalue weighted by Crippen LogP contribution is -2.00. The summed E-state index contributed by atoms with van der Waals surface area (Å²) in [5.74, 6) is 0. The molecule has 0 bridgehead atoms. The molecule has 15 heavy (non-hydrogen) atoms. The topological polar surface area (TPSA) is 50.5 Å². The smallest absolute Gasteiger partial charge is 0.115 e. The summed E-state index contributed by atoms with van der Waals surface area (Å²) in [5.41, 5.74) is 0. The van der Waals surface area contributed by atoms with E-state index in [-0.39, 0.29) is 0 Å². The van der Waals surface area contributed by atoms with Crippen LogP contribution in [0.1, 0.15) is 0 Å². The van der Waals surface area contributed by atoms with E-state index in [1.54, 1.807) is 31.9 Å². The van der Waals surface area contributed by atoms with Crippen molar-refractivity contribution in [3.05, 3.63) is 30.2 Å². The van der Waals surface area contributed by atoms with E-state index >= 15 is 0 Å². The minimum Gasteiger partial charge on any atom is -0.296 e. The van der Waals surface area contributed by atoms with Gasteiger partial charge in [0.15, 0.2) is 0 Å². The van der Waals surface area contributed by atoms with Gasteiger partial charge in [-0.1, -0.05) is 13.8 Å². The van der Waals surface area contributed by atoms with Crippen LogP contribution in [0.2, 0.25) is 0 Å². The molecule has 0 aliphatic rings. The lowest BCUT2D eigenvalue weighted by Gasteiger charge is -2.05. The van der Waals surface area contributed by atoms with Gasteiger partial charge in [0.25, 0.3) is 0 Å². The molecule has 1 atom stereocenters. The molecular formula is C10H13N4P. The maximum Gasteiger partial charge on any atom is 0.115 e. The highest BCUT2D eigenvalue weighted by atomic mass is 31.1. The van der Waals surface area contributed by atoms with Crippen LogP contribution in [0.15, 0.2) is 40.2 Å². The zero-order chi connectivity index (χ0) is 11.1. The molecule has 0 N–H and O–H groups in total. The van der Waals surface area contributed by atoms with Crippen molar-refractivity contribution in [2.45, 2.75) is 0 Å². The minimum atomic E-state index is -1.13. The molecule has 1 unspecified atom stereocenters. The quantitative estimate of drug-likeness (QED) is 0.561. The van der Waals surface area contributed by atoms with Gasteiger partial charge in [-0.05, 0) is 6.72 Å². The first-order valence-electron chi connectivity index (χ1n) is 4.32. The Balaban J connectivity index is 3.02. The Morgan fingerprint density at radius 1 is 1.47 bits per heavy atom. The summed E-state index contributed by atoms with van der Waals surface area (Å²) >= 11 is 0. The van der Waals surface area contributed by atoms with Gasteiger partial charge in [0, 0.05) is 42.5 Å². The standard InChI is InChI=1S/C10H13N4P/c1-11-4-9(5-12-2)15(3)10-6-13-8-14-7-10/h4-8,15H,1,3H2,2H3/b9-4+,12-5-. The van der Waals surface area contributed by atoms with Crippen molar-refractivity contribution in [2.24, 2.45) is 9.98 Å². The summed E-state index contributed by atoms with van der Waals surface area (Å²) in [4.78, 5) is 15.6. The third-order valence-electron chi connectivity index (χ3n) is 1.76. The number of rotatable bonds is 4. The van der Waals surface area contributed by atoms with Crippen molar-refractivity contribution in [3.63, 3.8) is 0 Å². The van der Waals surface area contributed by atoms with Crippen molar-refractivity contribution >= 4 is 32.1 Å². The van der Waals surface area contributed by atoms with Crippen molar-refractivity contribution in [2.75, 3.05) is 7.05 Å². The lowest BCUT2D eigenvalue weighted by molar-refractivity contribution is 1.19. The van der Waals surface area contributed by atoms with E-state index in [0.29, 0.717) is 0 Å². The van der Waals surface area contributed by atoms with E-state index in [9.17, 15) is 0 Å². The average molecular weight is 220 g/mol. The molecule has 5 heteroatoms. The maximum absolute atomic E-state index is 4.12. The number of aliphatic imine (C=N–C) groups is 2. The number of nitrogens with zero attached hydrogens (tertiary/aromatic N) is 4. The summed E-state index contributed by atoms with van der Waals surface area (Å²) in [7, 11) is 0.588. The fourth-order valence-electron chi connectivity index (χ4n) is 1.05. The number of hydrogen-bond donors (Lipinski definition) is 0. The zero-order valence-electron chi connectivity index (χ0n) is 8.59. The van der Waals surface area contributed by atoms with Crippen LogP contribution in [0, 0.1) is 0 Å². The summed E-state index contributed by atoms with van der Waals surface area (Å²) in [6.45, 7) is 3.43. The van der Waals surface area contributed by atoms with E-state index < -0.39 is 7.55 Å². The van der Waals surface area contributed by atoms with Gasteiger partial charge in [-0.15, -0.1) is 0 Å². The van der Waals surface area contributed by atoms with Gasteiger partial charge in [0.05, 0.1) is 0 Å². The van der Waals surface area contributed by atoms with Crippen LogP contribution >= 0.6 is 7.55 Å². The van der Waals surface area contributed by atoms with Gasteiger partial charge in [-0.25, -0.2) is 9.97 Å². The SMILES string of the molecule is C=N/C=C(\C=N/C)[PH](=C)c1cncnc1. The highest BCUT2D eigenvalue weighted by molar-refractivity contribution is 7.68. The molecule has 0 aromatic carbocycles. The van der Waals surface area contributed by atoms with Crippen molar-refractivity contribution in [1.82, 2.24) is 9.97 Å². The van der Waals surface area contributed by atoms with Gasteiger partial charge in [0.2, 0.25) is 0 Å². The molecule has 0 saturated carbocycles. The molecule has 0 saturated heterocycles. The fraction of sp³-hybridized carbons (Fsp3) is 0.100. The molecule has 1 rings (SSSR count). The molecule has 0 radical (unpaired) electrons. The van der Waals surface area contributed by atoms with Crippen LogP contribution in [0.25, 0.3) is 0 Å². The Morgan fingerprint density at radius 2 is 2.13 bits per heavy atom. The largest absolute Gasteiger partial charge is 0.296 e. The fourth-order valence-corrected chi connectivity index (χ4v) is 2.37. The third kappa shape index (κ3) is 3.26. The molecule has 1 aromatic heterocycles. The molecule has 1 heterocycles. The van der Waals surface area contributed by atoms with Crippen LogP contribution in [-0.2, 0) is 0 Å². The Hall–Kier alpha value is -1.54. The van der Waals surface area contributed by atoms with E-state index in [1.807, 2.05) is 0 Å². The predicted octanol–water partition coefficient (Wildman–Crippen LogP) is 0.991. The Kier molecular flexibility index (Phi) is 4.64. The van der Waals surface area contributed by atoms with E-state index in [2.05, 4.69) is 33.0 Å². The highest BCUT2D eigenvalue weighted by Gasteiger charge is 2.01. The van der Waals surface area contributed by atoms with Crippen LogP contribution < -0.4 is 5.30 Å². The molecule has 4 nitrogen and oxygen atoms in total. The van der Waals surface area contributed by atoms with Crippen LogP contribution in [-0.4, -0.2) is 36.2 Å². The summed E-state index contributed by atoms with van der Waals surface area (Å²) < 4.78 is 0. The zero-order valence-corrected chi connectivity index (χ0v) is 9.59. The second kappa shape index (κ2) is 6.04. The lowest BCUT2D eigenvalue weighted by atomic mass is 10.6.